The van der Waals surface area contributed by atoms with Crippen molar-refractivity contribution in [1.82, 2.24) is 24.3 Å². The predicted molar refractivity (Wildman–Crippen MR) is 178 cm³/mol. The standard InChI is InChI=1S/C24H23ClN6O2S.C8H15NO2/c1-13-29-20-9-17(22-28-10-21(34-22)24(33)30-7-6-16(26)12-30)19(27)8-18(20)23(32)31(13)11-14-2-4-15(25)5-3-14;1-9-5-3-2-4-8(9)6-11-7-10/h2-5,8-10,16H,6-7,11-12,26-27H2,1H3;7-8H,2-6H2,1H3. The van der Waals surface area contributed by atoms with Crippen molar-refractivity contribution >= 4 is 51.9 Å². The number of carbonyl (C=O) groups is 2. The number of likely N-dealkylation sites (N-methyl/N-ethyl adjacent to an activating group) is 1. The molecular formula is C32H38ClN7O4S. The van der Waals surface area contributed by atoms with Crippen LogP contribution in [0.3, 0.4) is 0 Å². The van der Waals surface area contributed by atoms with Crippen LogP contribution in [0.15, 0.2) is 47.4 Å². The van der Waals surface area contributed by atoms with Crippen molar-refractivity contribution in [3.63, 3.8) is 0 Å². The first kappa shape index (κ1) is 32.6. The minimum atomic E-state index is -0.170. The van der Waals surface area contributed by atoms with Crippen molar-refractivity contribution in [2.75, 3.05) is 39.0 Å². The molecule has 0 aliphatic carbocycles. The number of benzene rings is 2. The number of nitrogen functional groups attached to an aromatic ring is 1. The fourth-order valence-corrected chi connectivity index (χ4v) is 6.72. The number of nitrogens with zero attached hydrogens (tertiary/aromatic N) is 5. The molecule has 4 N–H and O–H groups in total. The number of amides is 1. The monoisotopic (exact) mass is 651 g/mol. The minimum Gasteiger partial charge on any atom is -0.466 e. The molecule has 0 saturated carbocycles. The number of anilines is 1. The number of rotatable bonds is 7. The van der Waals surface area contributed by atoms with E-state index in [4.69, 9.17) is 27.8 Å². The maximum absolute atomic E-state index is 13.3. The van der Waals surface area contributed by atoms with Crippen LogP contribution in [0.1, 0.15) is 46.7 Å². The van der Waals surface area contributed by atoms with E-state index in [2.05, 4.69) is 21.9 Å². The molecule has 0 bridgehead atoms. The third-order valence-electron chi connectivity index (χ3n) is 8.31. The highest BCUT2D eigenvalue weighted by Gasteiger charge is 2.26. The Hall–Kier alpha value is -3.84. The maximum Gasteiger partial charge on any atom is 0.293 e. The number of halogens is 1. The van der Waals surface area contributed by atoms with E-state index < -0.39 is 0 Å². The van der Waals surface area contributed by atoms with Gasteiger partial charge in [-0.3, -0.25) is 19.0 Å². The molecule has 2 unspecified atom stereocenters. The van der Waals surface area contributed by atoms with Gasteiger partial charge in [-0.25, -0.2) is 9.97 Å². The van der Waals surface area contributed by atoms with Crippen LogP contribution in [0.4, 0.5) is 5.69 Å². The van der Waals surface area contributed by atoms with Crippen LogP contribution < -0.4 is 17.0 Å². The molecule has 2 aliphatic rings. The molecule has 238 valence electrons. The fraction of sp³-hybridized carbons (Fsp3) is 0.406. The average Bonchev–Trinajstić information content (AvgIpc) is 3.70. The number of aryl methyl sites for hydroxylation is 1. The van der Waals surface area contributed by atoms with E-state index in [9.17, 15) is 14.4 Å². The molecule has 2 aromatic heterocycles. The van der Waals surface area contributed by atoms with Gasteiger partial charge in [0.2, 0.25) is 0 Å². The van der Waals surface area contributed by atoms with Gasteiger partial charge in [0.1, 0.15) is 22.3 Å². The highest BCUT2D eigenvalue weighted by atomic mass is 35.5. The first-order chi connectivity index (χ1) is 21.6. The number of likely N-dealkylation sites (tertiary alicyclic amines) is 2. The zero-order chi connectivity index (χ0) is 32.1. The zero-order valence-corrected chi connectivity index (χ0v) is 27.0. The lowest BCUT2D eigenvalue weighted by molar-refractivity contribution is -0.130. The summed E-state index contributed by atoms with van der Waals surface area (Å²) in [5, 5.41) is 1.68. The molecule has 0 radical (unpaired) electrons. The van der Waals surface area contributed by atoms with Crippen LogP contribution in [0, 0.1) is 6.92 Å². The highest BCUT2D eigenvalue weighted by molar-refractivity contribution is 7.17. The largest absolute Gasteiger partial charge is 0.466 e. The summed E-state index contributed by atoms with van der Waals surface area (Å²) >= 11 is 7.24. The lowest BCUT2D eigenvalue weighted by atomic mass is 10.0. The molecule has 0 spiro atoms. The van der Waals surface area contributed by atoms with Gasteiger partial charge in [0.25, 0.3) is 17.9 Å². The number of carbonyl (C=O) groups excluding carboxylic acids is 2. The normalized spacial score (nSPS) is 18.4. The van der Waals surface area contributed by atoms with E-state index in [0.29, 0.717) is 81.6 Å². The number of hydrogen-bond donors (Lipinski definition) is 2. The highest BCUT2D eigenvalue weighted by Crippen LogP contribution is 2.33. The van der Waals surface area contributed by atoms with Crippen LogP contribution in [0.25, 0.3) is 21.5 Å². The van der Waals surface area contributed by atoms with Gasteiger partial charge in [0.05, 0.1) is 23.6 Å². The SMILES string of the molecule is CN1CCCCC1COC=O.Cc1nc2cc(-c3ncc(C(=O)N4CCC(N)C4)s3)c(N)cc2c(=O)n1Cc1ccc(Cl)cc1. The second-order valence-electron chi connectivity index (χ2n) is 11.5. The van der Waals surface area contributed by atoms with Gasteiger partial charge in [-0.05, 0) is 69.6 Å². The summed E-state index contributed by atoms with van der Waals surface area (Å²) in [5.41, 5.74) is 14.6. The summed E-state index contributed by atoms with van der Waals surface area (Å²) < 4.78 is 6.34. The van der Waals surface area contributed by atoms with E-state index >= 15 is 0 Å². The van der Waals surface area contributed by atoms with Crippen LogP contribution in [-0.4, -0.2) is 82.1 Å². The van der Waals surface area contributed by atoms with Crippen LogP contribution in [0.5, 0.6) is 0 Å². The molecule has 2 aromatic carbocycles. The number of thiazole rings is 1. The minimum absolute atomic E-state index is 0.0190. The Morgan fingerprint density at radius 2 is 1.96 bits per heavy atom. The van der Waals surface area contributed by atoms with E-state index in [1.165, 1.54) is 24.2 Å². The first-order valence-corrected chi connectivity index (χ1v) is 16.2. The van der Waals surface area contributed by atoms with Crippen LogP contribution in [-0.2, 0) is 16.1 Å². The third-order valence-corrected chi connectivity index (χ3v) is 9.58. The molecule has 2 aliphatic heterocycles. The molecule has 4 heterocycles. The molecule has 2 fully saturated rings. The summed E-state index contributed by atoms with van der Waals surface area (Å²) in [6.45, 7) is 5.60. The van der Waals surface area contributed by atoms with Crippen molar-refractivity contribution in [1.29, 1.82) is 0 Å². The van der Waals surface area contributed by atoms with E-state index in [0.717, 1.165) is 24.9 Å². The summed E-state index contributed by atoms with van der Waals surface area (Å²) in [6.07, 6.45) is 6.06. The zero-order valence-electron chi connectivity index (χ0n) is 25.4. The molecular weight excluding hydrogens is 614 g/mol. The number of nitrogens with two attached hydrogens (primary N) is 2. The molecule has 11 nitrogen and oxygen atoms in total. The predicted octanol–water partition coefficient (Wildman–Crippen LogP) is 3.93. The summed E-state index contributed by atoms with van der Waals surface area (Å²) in [5.74, 6) is 0.513. The molecule has 45 heavy (non-hydrogen) atoms. The molecule has 2 saturated heterocycles. The number of piperidine rings is 1. The Kier molecular flexibility index (Phi) is 10.5. The topological polar surface area (TPSA) is 150 Å². The van der Waals surface area contributed by atoms with E-state index in [1.54, 1.807) is 46.9 Å². The van der Waals surface area contributed by atoms with Crippen molar-refractivity contribution in [3.05, 3.63) is 74.2 Å². The number of fused-ring (bicyclic) bond motifs is 1. The van der Waals surface area contributed by atoms with Gasteiger partial charge in [-0.15, -0.1) is 11.3 Å². The lowest BCUT2D eigenvalue weighted by Crippen LogP contribution is -2.39. The third kappa shape index (κ3) is 7.70. The van der Waals surface area contributed by atoms with Gasteiger partial charge in [0, 0.05) is 41.4 Å². The van der Waals surface area contributed by atoms with E-state index in [-0.39, 0.29) is 17.5 Å². The Morgan fingerprint density at radius 3 is 2.64 bits per heavy atom. The maximum atomic E-state index is 13.3. The van der Waals surface area contributed by atoms with Crippen LogP contribution >= 0.6 is 22.9 Å². The Bertz CT molecular complexity index is 1730. The van der Waals surface area contributed by atoms with Crippen molar-refractivity contribution in [3.8, 4) is 10.6 Å². The summed E-state index contributed by atoms with van der Waals surface area (Å²) in [6, 6.07) is 11.2. The number of hydrogen-bond acceptors (Lipinski definition) is 10. The van der Waals surface area contributed by atoms with Crippen LogP contribution in [0.2, 0.25) is 5.02 Å². The Labute approximate surface area is 270 Å². The van der Waals surface area contributed by atoms with Crippen molar-refractivity contribution in [2.45, 2.75) is 51.2 Å². The molecule has 6 rings (SSSR count). The summed E-state index contributed by atoms with van der Waals surface area (Å²) in [7, 11) is 2.08. The molecule has 1 amide bonds. The number of aromatic nitrogens is 3. The van der Waals surface area contributed by atoms with Gasteiger partial charge >= 0.3 is 0 Å². The van der Waals surface area contributed by atoms with Gasteiger partial charge in [-0.2, -0.15) is 0 Å². The average molecular weight is 652 g/mol. The first-order valence-electron chi connectivity index (χ1n) is 15.0. The quantitative estimate of drug-likeness (QED) is 0.224. The fourth-order valence-electron chi connectivity index (χ4n) is 5.67. The summed E-state index contributed by atoms with van der Waals surface area (Å²) in [4.78, 5) is 49.6. The van der Waals surface area contributed by atoms with E-state index in [1.807, 2.05) is 12.1 Å². The van der Waals surface area contributed by atoms with Gasteiger partial charge in [0.15, 0.2) is 0 Å². The molecule has 4 aromatic rings. The lowest BCUT2D eigenvalue weighted by Gasteiger charge is -2.31. The van der Waals surface area contributed by atoms with Crippen molar-refractivity contribution < 1.29 is 14.3 Å². The van der Waals surface area contributed by atoms with Crippen molar-refractivity contribution in [2.24, 2.45) is 5.73 Å². The Morgan fingerprint density at radius 1 is 1.18 bits per heavy atom. The second-order valence-corrected chi connectivity index (χ2v) is 13.0. The van der Waals surface area contributed by atoms with Gasteiger partial charge < -0.3 is 26.0 Å². The Balaban J connectivity index is 0.000000309. The molecule has 2 atom stereocenters. The number of ether oxygens (including phenoxy) is 1. The molecule has 13 heteroatoms. The second kappa shape index (κ2) is 14.5. The smallest absolute Gasteiger partial charge is 0.293 e. The van der Waals surface area contributed by atoms with Gasteiger partial charge in [-0.1, -0.05) is 30.2 Å².